The number of hydrogen-bond acceptors (Lipinski definition) is 1. The number of aliphatic hydroxyl groups is 1. The minimum Gasteiger partial charge on any atom is -0.396 e. The van der Waals surface area contributed by atoms with E-state index in [2.05, 4.69) is 34.1 Å². The van der Waals surface area contributed by atoms with Crippen LogP contribution in [-0.2, 0) is 6.42 Å². The number of aliphatic hydroxyl groups excluding tert-OH is 1. The lowest BCUT2D eigenvalue weighted by Gasteiger charge is -2.23. The molecule has 0 atom stereocenters. The second kappa shape index (κ2) is 5.83. The first-order valence-corrected chi connectivity index (χ1v) is 6.99. The molecule has 1 nitrogen and oxygen atoms in total. The summed E-state index contributed by atoms with van der Waals surface area (Å²) in [5.41, 5.74) is 2.68. The Balaban J connectivity index is 2.14. The van der Waals surface area contributed by atoms with Gasteiger partial charge in [0, 0.05) is 11.1 Å². The van der Waals surface area contributed by atoms with E-state index in [1.807, 2.05) is 0 Å². The standard InChI is InChI=1S/C14H19BrO/c15-14-10-11(8-9-16)6-7-13(14)12-4-2-1-3-5-12/h6-7,10,12,16H,1-5,8-9H2. The third-order valence-corrected chi connectivity index (χ3v) is 4.20. The zero-order valence-electron chi connectivity index (χ0n) is 9.58. The Kier molecular flexibility index (Phi) is 4.42. The van der Waals surface area contributed by atoms with Crippen molar-refractivity contribution in [3.05, 3.63) is 33.8 Å². The molecule has 0 heterocycles. The van der Waals surface area contributed by atoms with Crippen LogP contribution in [0.15, 0.2) is 22.7 Å². The zero-order chi connectivity index (χ0) is 11.4. The molecule has 0 spiro atoms. The molecule has 0 saturated heterocycles. The van der Waals surface area contributed by atoms with Gasteiger partial charge >= 0.3 is 0 Å². The smallest absolute Gasteiger partial charge is 0.0471 e. The Morgan fingerprint density at radius 1 is 1.19 bits per heavy atom. The van der Waals surface area contributed by atoms with E-state index in [0.29, 0.717) is 0 Å². The van der Waals surface area contributed by atoms with Gasteiger partial charge in [0.15, 0.2) is 0 Å². The van der Waals surface area contributed by atoms with Gasteiger partial charge in [0.1, 0.15) is 0 Å². The predicted octanol–water partition coefficient (Wildman–Crippen LogP) is 4.03. The molecule has 0 aliphatic heterocycles. The predicted molar refractivity (Wildman–Crippen MR) is 70.8 cm³/mol. The summed E-state index contributed by atoms with van der Waals surface area (Å²) in [6, 6.07) is 6.57. The monoisotopic (exact) mass is 282 g/mol. The topological polar surface area (TPSA) is 20.2 Å². The minimum absolute atomic E-state index is 0.231. The lowest BCUT2D eigenvalue weighted by atomic mass is 9.84. The summed E-state index contributed by atoms with van der Waals surface area (Å²) >= 11 is 3.67. The first-order chi connectivity index (χ1) is 7.81. The Morgan fingerprint density at radius 2 is 1.94 bits per heavy atom. The van der Waals surface area contributed by atoms with Gasteiger partial charge < -0.3 is 5.11 Å². The van der Waals surface area contributed by atoms with E-state index in [-0.39, 0.29) is 6.61 Å². The second-order valence-corrected chi connectivity index (χ2v) is 5.52. The summed E-state index contributed by atoms with van der Waals surface area (Å²) in [6.45, 7) is 0.231. The quantitative estimate of drug-likeness (QED) is 0.888. The van der Waals surface area contributed by atoms with Crippen LogP contribution in [-0.4, -0.2) is 11.7 Å². The van der Waals surface area contributed by atoms with E-state index in [4.69, 9.17) is 5.11 Å². The van der Waals surface area contributed by atoms with Gasteiger partial charge in [0.2, 0.25) is 0 Å². The van der Waals surface area contributed by atoms with Crippen molar-refractivity contribution in [3.63, 3.8) is 0 Å². The van der Waals surface area contributed by atoms with Gasteiger partial charge in [-0.25, -0.2) is 0 Å². The molecular formula is C14H19BrO. The van der Waals surface area contributed by atoms with E-state index in [1.54, 1.807) is 0 Å². The summed E-state index contributed by atoms with van der Waals surface area (Å²) in [4.78, 5) is 0. The molecule has 0 radical (unpaired) electrons. The van der Waals surface area contributed by atoms with Gasteiger partial charge in [-0.15, -0.1) is 0 Å². The highest BCUT2D eigenvalue weighted by Crippen LogP contribution is 2.36. The molecule has 0 amide bonds. The van der Waals surface area contributed by atoms with Gasteiger partial charge in [0.05, 0.1) is 0 Å². The fraction of sp³-hybridized carbons (Fsp3) is 0.571. The Labute approximate surface area is 106 Å². The van der Waals surface area contributed by atoms with Gasteiger partial charge in [0.25, 0.3) is 0 Å². The average molecular weight is 283 g/mol. The van der Waals surface area contributed by atoms with Crippen molar-refractivity contribution in [1.29, 1.82) is 0 Å². The zero-order valence-corrected chi connectivity index (χ0v) is 11.2. The first kappa shape index (κ1) is 12.1. The van der Waals surface area contributed by atoms with Crippen LogP contribution in [0.1, 0.15) is 49.1 Å². The van der Waals surface area contributed by atoms with Crippen molar-refractivity contribution in [3.8, 4) is 0 Å². The SMILES string of the molecule is OCCc1ccc(C2CCCCC2)c(Br)c1. The van der Waals surface area contributed by atoms with E-state index in [0.717, 1.165) is 12.3 Å². The summed E-state index contributed by atoms with van der Waals surface area (Å²) in [5, 5.41) is 8.91. The van der Waals surface area contributed by atoms with E-state index >= 15 is 0 Å². The molecule has 1 fully saturated rings. The molecule has 1 aliphatic rings. The summed E-state index contributed by atoms with van der Waals surface area (Å²) in [5.74, 6) is 0.742. The van der Waals surface area contributed by atoms with Crippen LogP contribution in [0.4, 0.5) is 0 Å². The molecule has 1 saturated carbocycles. The molecule has 1 aromatic carbocycles. The Bertz CT molecular complexity index is 343. The molecule has 0 unspecified atom stereocenters. The number of rotatable bonds is 3. The highest BCUT2D eigenvalue weighted by molar-refractivity contribution is 9.10. The highest BCUT2D eigenvalue weighted by atomic mass is 79.9. The van der Waals surface area contributed by atoms with Crippen LogP contribution in [0, 0.1) is 0 Å². The maximum atomic E-state index is 8.91. The third kappa shape index (κ3) is 2.86. The van der Waals surface area contributed by atoms with Crippen molar-refractivity contribution in [2.24, 2.45) is 0 Å². The molecular weight excluding hydrogens is 264 g/mol. The van der Waals surface area contributed by atoms with Gasteiger partial charge in [-0.05, 0) is 42.4 Å². The van der Waals surface area contributed by atoms with Crippen LogP contribution in [0.3, 0.4) is 0 Å². The molecule has 1 N–H and O–H groups in total. The van der Waals surface area contributed by atoms with Gasteiger partial charge in [-0.1, -0.05) is 47.3 Å². The maximum Gasteiger partial charge on any atom is 0.0471 e. The van der Waals surface area contributed by atoms with Crippen LogP contribution >= 0.6 is 15.9 Å². The average Bonchev–Trinajstić information content (AvgIpc) is 2.31. The first-order valence-electron chi connectivity index (χ1n) is 6.20. The fourth-order valence-corrected chi connectivity index (χ4v) is 3.35. The molecule has 2 rings (SSSR count). The van der Waals surface area contributed by atoms with Crippen molar-refractivity contribution >= 4 is 15.9 Å². The maximum absolute atomic E-state index is 8.91. The lowest BCUT2D eigenvalue weighted by Crippen LogP contribution is -2.05. The van der Waals surface area contributed by atoms with Gasteiger partial charge in [-0.2, -0.15) is 0 Å². The van der Waals surface area contributed by atoms with Crippen molar-refractivity contribution in [1.82, 2.24) is 0 Å². The van der Waals surface area contributed by atoms with Crippen LogP contribution < -0.4 is 0 Å². The lowest BCUT2D eigenvalue weighted by molar-refractivity contribution is 0.299. The van der Waals surface area contributed by atoms with Crippen LogP contribution in [0.5, 0.6) is 0 Å². The molecule has 2 heteroatoms. The Hall–Kier alpha value is -0.340. The van der Waals surface area contributed by atoms with E-state index in [9.17, 15) is 0 Å². The Morgan fingerprint density at radius 3 is 2.56 bits per heavy atom. The third-order valence-electron chi connectivity index (χ3n) is 3.51. The van der Waals surface area contributed by atoms with Gasteiger partial charge in [-0.3, -0.25) is 0 Å². The molecule has 1 aromatic rings. The minimum atomic E-state index is 0.231. The normalized spacial score (nSPS) is 17.6. The summed E-state index contributed by atoms with van der Waals surface area (Å²) < 4.78 is 1.23. The number of hydrogen-bond donors (Lipinski definition) is 1. The van der Waals surface area contributed by atoms with Crippen LogP contribution in [0.2, 0.25) is 0 Å². The fourth-order valence-electron chi connectivity index (χ4n) is 2.60. The van der Waals surface area contributed by atoms with Crippen molar-refractivity contribution in [2.45, 2.75) is 44.4 Å². The largest absolute Gasteiger partial charge is 0.396 e. The molecule has 16 heavy (non-hydrogen) atoms. The molecule has 0 bridgehead atoms. The molecule has 1 aliphatic carbocycles. The van der Waals surface area contributed by atoms with Crippen molar-refractivity contribution in [2.75, 3.05) is 6.61 Å². The van der Waals surface area contributed by atoms with Crippen LogP contribution in [0.25, 0.3) is 0 Å². The number of halogens is 1. The molecule has 0 aromatic heterocycles. The van der Waals surface area contributed by atoms with Crippen molar-refractivity contribution < 1.29 is 5.11 Å². The second-order valence-electron chi connectivity index (χ2n) is 4.66. The number of benzene rings is 1. The molecule has 88 valence electrons. The summed E-state index contributed by atoms with van der Waals surface area (Å²) in [7, 11) is 0. The van der Waals surface area contributed by atoms with E-state index in [1.165, 1.54) is 47.7 Å². The van der Waals surface area contributed by atoms with E-state index < -0.39 is 0 Å². The highest BCUT2D eigenvalue weighted by Gasteiger charge is 2.17. The summed E-state index contributed by atoms with van der Waals surface area (Å²) in [6.07, 6.45) is 7.56.